The quantitative estimate of drug-likeness (QED) is 0.0265. The number of ether oxygens (including phenoxy) is 2. The maximum absolute atomic E-state index is 12.6. The van der Waals surface area contributed by atoms with Gasteiger partial charge in [0.05, 0.1) is 13.2 Å². The second-order valence-corrected chi connectivity index (χ2v) is 17.0. The van der Waals surface area contributed by atoms with Crippen molar-refractivity contribution in [3.05, 3.63) is 85.1 Å². The average Bonchev–Trinajstić information content (AvgIpc) is 3.25. The van der Waals surface area contributed by atoms with E-state index < -0.39 is 32.5 Å². The number of hydrogen-bond acceptors (Lipinski definition) is 8. The molecule has 0 saturated carbocycles. The predicted molar refractivity (Wildman–Crippen MR) is 256 cm³/mol. The Kier molecular flexibility index (Phi) is 44.5. The molecule has 0 aromatic heterocycles. The molecular formula is C51H88NO8P. The number of carbonyl (C=O) groups is 2. The van der Waals surface area contributed by atoms with Crippen molar-refractivity contribution in [3.8, 4) is 0 Å². The summed E-state index contributed by atoms with van der Waals surface area (Å²) in [5.41, 5.74) is 5.36. The van der Waals surface area contributed by atoms with Gasteiger partial charge in [0.2, 0.25) is 0 Å². The third-order valence-electron chi connectivity index (χ3n) is 9.77. The molecule has 61 heavy (non-hydrogen) atoms. The first-order valence-electron chi connectivity index (χ1n) is 24.1. The normalized spacial score (nSPS) is 14.0. The minimum Gasteiger partial charge on any atom is -0.462 e. The molecule has 0 bridgehead atoms. The summed E-state index contributed by atoms with van der Waals surface area (Å²) in [5, 5.41) is 0. The van der Waals surface area contributed by atoms with Crippen molar-refractivity contribution in [1.29, 1.82) is 0 Å². The lowest BCUT2D eigenvalue weighted by molar-refractivity contribution is -0.161. The van der Waals surface area contributed by atoms with Gasteiger partial charge in [0.1, 0.15) is 6.61 Å². The summed E-state index contributed by atoms with van der Waals surface area (Å²) >= 11 is 0. The van der Waals surface area contributed by atoms with Crippen LogP contribution in [0.25, 0.3) is 0 Å². The highest BCUT2D eigenvalue weighted by atomic mass is 31.2. The Labute approximate surface area is 373 Å². The van der Waals surface area contributed by atoms with Gasteiger partial charge in [-0.25, -0.2) is 4.57 Å². The molecule has 0 amide bonds. The molecule has 0 heterocycles. The number of unbranched alkanes of at least 4 members (excludes halogenated alkanes) is 17. The maximum atomic E-state index is 12.6. The Balaban J connectivity index is 4.15. The van der Waals surface area contributed by atoms with Crippen LogP contribution in [0.4, 0.5) is 0 Å². The lowest BCUT2D eigenvalue weighted by Crippen LogP contribution is -2.29. The van der Waals surface area contributed by atoms with Crippen LogP contribution in [0.1, 0.15) is 194 Å². The minimum absolute atomic E-state index is 0.0454. The first kappa shape index (κ1) is 58.2. The van der Waals surface area contributed by atoms with Crippen LogP contribution in [0.2, 0.25) is 0 Å². The van der Waals surface area contributed by atoms with Gasteiger partial charge in [0.25, 0.3) is 0 Å². The molecular weight excluding hydrogens is 786 g/mol. The fourth-order valence-corrected chi connectivity index (χ4v) is 6.99. The number of allylic oxidation sites excluding steroid dienone is 14. The van der Waals surface area contributed by atoms with Crippen LogP contribution >= 0.6 is 7.82 Å². The van der Waals surface area contributed by atoms with Gasteiger partial charge >= 0.3 is 19.8 Å². The van der Waals surface area contributed by atoms with E-state index in [1.807, 2.05) is 0 Å². The Morgan fingerprint density at radius 3 is 1.36 bits per heavy atom. The summed E-state index contributed by atoms with van der Waals surface area (Å²) < 4.78 is 32.8. The first-order valence-corrected chi connectivity index (χ1v) is 25.6. The molecule has 0 aliphatic carbocycles. The first-order chi connectivity index (χ1) is 29.8. The molecule has 0 aliphatic rings. The van der Waals surface area contributed by atoms with Crippen LogP contribution in [-0.2, 0) is 32.7 Å². The van der Waals surface area contributed by atoms with Crippen LogP contribution < -0.4 is 5.73 Å². The second kappa shape index (κ2) is 46.7. The summed E-state index contributed by atoms with van der Waals surface area (Å²) in [5.74, 6) is -0.860. The minimum atomic E-state index is -4.39. The van der Waals surface area contributed by atoms with Crippen LogP contribution in [0.15, 0.2) is 85.1 Å². The van der Waals surface area contributed by atoms with Gasteiger partial charge in [-0.2, -0.15) is 0 Å². The predicted octanol–water partition coefficient (Wildman–Crippen LogP) is 14.4. The number of esters is 2. The number of rotatable bonds is 44. The molecule has 0 spiro atoms. The van der Waals surface area contributed by atoms with Gasteiger partial charge < -0.3 is 20.1 Å². The van der Waals surface area contributed by atoms with Crippen molar-refractivity contribution in [3.63, 3.8) is 0 Å². The number of carbonyl (C=O) groups excluding carboxylic acids is 2. The number of nitrogens with two attached hydrogens (primary N) is 1. The molecule has 0 aromatic rings. The lowest BCUT2D eigenvalue weighted by Gasteiger charge is -2.19. The van der Waals surface area contributed by atoms with Crippen LogP contribution in [0.3, 0.4) is 0 Å². The zero-order chi connectivity index (χ0) is 44.6. The summed E-state index contributed by atoms with van der Waals surface area (Å²) in [4.78, 5) is 35.0. The van der Waals surface area contributed by atoms with E-state index in [1.54, 1.807) is 0 Å². The summed E-state index contributed by atoms with van der Waals surface area (Å²) in [6, 6.07) is 0. The smallest absolute Gasteiger partial charge is 0.462 e. The second-order valence-electron chi connectivity index (χ2n) is 15.6. The average molecular weight is 874 g/mol. The third kappa shape index (κ3) is 46.5. The van der Waals surface area contributed by atoms with E-state index in [-0.39, 0.29) is 32.6 Å². The highest BCUT2D eigenvalue weighted by Crippen LogP contribution is 2.43. The number of hydrogen-bond donors (Lipinski definition) is 2. The lowest BCUT2D eigenvalue weighted by atomic mass is 10.1. The number of phosphoric ester groups is 1. The van der Waals surface area contributed by atoms with Gasteiger partial charge in [0.15, 0.2) is 6.10 Å². The zero-order valence-electron chi connectivity index (χ0n) is 38.6. The molecule has 3 N–H and O–H groups in total. The maximum Gasteiger partial charge on any atom is 0.472 e. The Morgan fingerprint density at radius 2 is 0.902 bits per heavy atom. The van der Waals surface area contributed by atoms with Gasteiger partial charge in [-0.05, 0) is 89.9 Å². The van der Waals surface area contributed by atoms with E-state index in [9.17, 15) is 19.0 Å². The van der Waals surface area contributed by atoms with Crippen LogP contribution in [-0.4, -0.2) is 49.3 Å². The zero-order valence-corrected chi connectivity index (χ0v) is 39.5. The highest BCUT2D eigenvalue weighted by Gasteiger charge is 2.26. The molecule has 0 radical (unpaired) electrons. The Morgan fingerprint density at radius 1 is 0.508 bits per heavy atom. The molecule has 2 atom stereocenters. The van der Waals surface area contributed by atoms with E-state index in [0.717, 1.165) is 116 Å². The Bertz CT molecular complexity index is 1270. The molecule has 0 aromatic carbocycles. The SMILES string of the molecule is CC/C=C\C/C=C\C/C=C\C/C=C\C/C=C\C/C=C\CCCCCCCCC(=O)OC(COC(=O)CCCCCCC/C=C\CCCCCCCC)COP(=O)(O)OCCN. The van der Waals surface area contributed by atoms with Crippen LogP contribution in [0.5, 0.6) is 0 Å². The molecule has 350 valence electrons. The summed E-state index contributed by atoms with van der Waals surface area (Å²) in [7, 11) is -4.39. The van der Waals surface area contributed by atoms with Crippen molar-refractivity contribution >= 4 is 19.8 Å². The monoisotopic (exact) mass is 874 g/mol. The van der Waals surface area contributed by atoms with Crippen molar-refractivity contribution in [2.24, 2.45) is 5.73 Å². The van der Waals surface area contributed by atoms with Crippen LogP contribution in [0, 0.1) is 0 Å². The highest BCUT2D eigenvalue weighted by molar-refractivity contribution is 7.47. The van der Waals surface area contributed by atoms with E-state index in [2.05, 4.69) is 98.9 Å². The van der Waals surface area contributed by atoms with E-state index >= 15 is 0 Å². The van der Waals surface area contributed by atoms with Crippen molar-refractivity contribution in [2.45, 2.75) is 200 Å². The van der Waals surface area contributed by atoms with E-state index in [4.69, 9.17) is 24.3 Å². The molecule has 0 aliphatic heterocycles. The fourth-order valence-electron chi connectivity index (χ4n) is 6.22. The van der Waals surface area contributed by atoms with Crippen molar-refractivity contribution in [2.75, 3.05) is 26.4 Å². The summed E-state index contributed by atoms with van der Waals surface area (Å²) in [6.45, 7) is 3.58. The van der Waals surface area contributed by atoms with Crippen molar-refractivity contribution < 1.29 is 37.6 Å². The molecule has 0 fully saturated rings. The molecule has 0 rings (SSSR count). The summed E-state index contributed by atoms with van der Waals surface area (Å²) in [6.07, 6.45) is 59.0. The van der Waals surface area contributed by atoms with E-state index in [0.29, 0.717) is 6.42 Å². The largest absolute Gasteiger partial charge is 0.472 e. The molecule has 9 nitrogen and oxygen atoms in total. The topological polar surface area (TPSA) is 134 Å². The van der Waals surface area contributed by atoms with Gasteiger partial charge in [0, 0.05) is 19.4 Å². The molecule has 10 heteroatoms. The standard InChI is InChI=1S/C51H88NO8P/c1-3-5-7-9-11-13-15-17-19-20-21-22-23-24-25-26-27-28-30-32-34-36-38-40-42-44-51(54)60-49(48-59-61(55,56)58-46-45-52)47-57-50(53)43-41-39-37-35-33-31-29-18-16-14-12-10-8-6-4-2/h5,7,11,13,17-19,21-22,24-25,27-29,49H,3-4,6,8-10,12,14-16,20,23,26,30-48,52H2,1-2H3,(H,55,56)/b7-5-,13-11-,19-17-,22-21-,25-24-,28-27-,29-18-. The van der Waals surface area contributed by atoms with Gasteiger partial charge in [-0.1, -0.05) is 176 Å². The Hall–Kier alpha value is -2.81. The van der Waals surface area contributed by atoms with Crippen molar-refractivity contribution in [1.82, 2.24) is 0 Å². The number of phosphoric acid groups is 1. The fraction of sp³-hybridized carbons (Fsp3) is 0.686. The third-order valence-corrected chi connectivity index (χ3v) is 10.7. The molecule has 0 saturated heterocycles. The molecule has 2 unspecified atom stereocenters. The van der Waals surface area contributed by atoms with Gasteiger partial charge in [-0.3, -0.25) is 18.6 Å². The van der Waals surface area contributed by atoms with Gasteiger partial charge in [-0.15, -0.1) is 0 Å². The van der Waals surface area contributed by atoms with E-state index in [1.165, 1.54) is 44.9 Å².